The van der Waals surface area contributed by atoms with Crippen LogP contribution in [0.1, 0.15) is 130 Å². The van der Waals surface area contributed by atoms with Crippen molar-refractivity contribution in [1.29, 1.82) is 0 Å². The number of aryl methyl sites for hydroxylation is 3. The second-order valence-electron chi connectivity index (χ2n) is 27.3. The summed E-state index contributed by atoms with van der Waals surface area (Å²) in [5.41, 5.74) is 30.3. The third-order valence-electron chi connectivity index (χ3n) is 19.3. The van der Waals surface area contributed by atoms with Crippen molar-refractivity contribution in [1.82, 2.24) is 0 Å². The Morgan fingerprint density at radius 2 is 1.12 bits per heavy atom. The van der Waals surface area contributed by atoms with Crippen molar-refractivity contribution in [2.45, 2.75) is 106 Å². The fraction of sp³-hybridized carbons (Fsp3) is 0.191. The molecule has 2 heteroatoms. The van der Waals surface area contributed by atoms with E-state index in [0.717, 1.165) is 41.1 Å². The summed E-state index contributed by atoms with van der Waals surface area (Å²) < 4.78 is 0. The summed E-state index contributed by atoms with van der Waals surface area (Å²) in [5.74, 6) is 0. The van der Waals surface area contributed by atoms with Crippen LogP contribution in [-0.4, -0.2) is 6.54 Å². The van der Waals surface area contributed by atoms with Crippen molar-refractivity contribution >= 4 is 73.3 Å². The van der Waals surface area contributed by atoms with E-state index in [1.807, 2.05) is 12.2 Å². The first kappa shape index (κ1) is 61.5. The fourth-order valence-corrected chi connectivity index (χ4v) is 14.6. The maximum absolute atomic E-state index is 4.64. The average molecular weight is 1180 g/mol. The van der Waals surface area contributed by atoms with Crippen LogP contribution in [0.4, 0.5) is 28.4 Å². The van der Waals surface area contributed by atoms with E-state index in [9.17, 15) is 0 Å². The summed E-state index contributed by atoms with van der Waals surface area (Å²) in [5, 5.41) is 4.94. The van der Waals surface area contributed by atoms with Gasteiger partial charge in [0.05, 0.1) is 5.69 Å². The fourth-order valence-electron chi connectivity index (χ4n) is 14.6. The maximum Gasteiger partial charge on any atom is 0.0542 e. The first-order valence-corrected chi connectivity index (χ1v) is 32.3. The summed E-state index contributed by atoms with van der Waals surface area (Å²) in [7, 11) is 0. The molecule has 0 unspecified atom stereocenters. The Kier molecular flexibility index (Phi) is 16.6. The molecule has 91 heavy (non-hydrogen) atoms. The van der Waals surface area contributed by atoms with E-state index in [4.69, 9.17) is 0 Å². The van der Waals surface area contributed by atoms with Gasteiger partial charge in [-0.25, -0.2) is 0 Å². The van der Waals surface area contributed by atoms with Gasteiger partial charge in [0.25, 0.3) is 0 Å². The number of hydrogen-bond acceptors (Lipinski definition) is 2. The molecule has 0 saturated carbocycles. The first-order valence-electron chi connectivity index (χ1n) is 32.3. The summed E-state index contributed by atoms with van der Waals surface area (Å²) in [6, 6.07) is 63.7. The number of fused-ring (bicyclic) bond motifs is 7. The van der Waals surface area contributed by atoms with E-state index < -0.39 is 0 Å². The van der Waals surface area contributed by atoms with Gasteiger partial charge in [-0.1, -0.05) is 267 Å². The van der Waals surface area contributed by atoms with Gasteiger partial charge in [0.15, 0.2) is 0 Å². The number of allylic oxidation sites excluding steroid dienone is 16. The minimum atomic E-state index is -0.273. The second-order valence-corrected chi connectivity index (χ2v) is 27.3. The van der Waals surface area contributed by atoms with Crippen molar-refractivity contribution in [2.75, 3.05) is 16.3 Å². The molecule has 0 bridgehead atoms. The molecule has 0 aliphatic heterocycles. The van der Waals surface area contributed by atoms with Crippen LogP contribution in [0.3, 0.4) is 0 Å². The van der Waals surface area contributed by atoms with E-state index in [2.05, 4.69) is 343 Å². The zero-order chi connectivity index (χ0) is 64.1. The smallest absolute Gasteiger partial charge is 0.0542 e. The molecule has 0 aromatic heterocycles. The average Bonchev–Trinajstić information content (AvgIpc) is 1.61. The molecule has 3 aliphatic rings. The Balaban J connectivity index is 0.766. The molecule has 3 aliphatic carbocycles. The van der Waals surface area contributed by atoms with E-state index in [-0.39, 0.29) is 16.2 Å². The van der Waals surface area contributed by atoms with Crippen LogP contribution in [0.15, 0.2) is 278 Å². The van der Waals surface area contributed by atoms with Gasteiger partial charge in [0, 0.05) is 50.9 Å². The first-order chi connectivity index (χ1) is 43.6. The van der Waals surface area contributed by atoms with Gasteiger partial charge in [0.1, 0.15) is 0 Å². The molecule has 9 aromatic carbocycles. The molecule has 12 rings (SSSR count). The number of nitrogens with zero attached hydrogens (tertiary/aromatic N) is 2. The molecule has 452 valence electrons. The highest BCUT2D eigenvalue weighted by molar-refractivity contribution is 6.01. The molecule has 0 saturated heterocycles. The summed E-state index contributed by atoms with van der Waals surface area (Å²) in [6.45, 7) is 40.9. The molecule has 2 nitrogen and oxygen atoms in total. The third kappa shape index (κ3) is 11.9. The molecule has 0 N–H and O–H groups in total. The third-order valence-corrected chi connectivity index (χ3v) is 19.3. The van der Waals surface area contributed by atoms with Gasteiger partial charge in [-0.05, 0) is 213 Å². The van der Waals surface area contributed by atoms with E-state index in [1.54, 1.807) is 0 Å². The van der Waals surface area contributed by atoms with Crippen molar-refractivity contribution < 1.29 is 0 Å². The largest absolute Gasteiger partial charge is 0.337 e. The Labute approximate surface area is 542 Å². The summed E-state index contributed by atoms with van der Waals surface area (Å²) in [4.78, 5) is 4.93. The molecular formula is C89H86N2. The maximum atomic E-state index is 4.64. The highest BCUT2D eigenvalue weighted by Crippen LogP contribution is 2.54. The van der Waals surface area contributed by atoms with E-state index >= 15 is 0 Å². The van der Waals surface area contributed by atoms with Gasteiger partial charge in [-0.3, -0.25) is 0 Å². The quantitative estimate of drug-likeness (QED) is 0.0890. The summed E-state index contributed by atoms with van der Waals surface area (Å²) in [6.07, 6.45) is 27.3. The van der Waals surface area contributed by atoms with Crippen LogP contribution in [0.5, 0.6) is 0 Å². The molecule has 9 aromatic rings. The molecule has 0 atom stereocenters. The number of anilines is 5. The normalized spacial score (nSPS) is 16.9. The van der Waals surface area contributed by atoms with E-state index in [0.29, 0.717) is 0 Å². The zero-order valence-electron chi connectivity index (χ0n) is 55.5. The molecule has 0 amide bonds. The standard InChI is InChI=1S/C89H86N2/c1-16-58(4)46-60(6)44-45-90(85-29-23-26-67-24-19-21-27-75(67)85)70-38-42-79-78-41-36-66(54-82(78)89(14,15)83(79)55-70)33-32-64(17-2)34-37-69-57-87(10,11)80-53-65(35-40-74(69)80)31-30-59(5)51-81-73(18-3)77-43-39-71(56-84(77)88(81,12)13)91(72-49-61(7)47-62(8)50-72)86-52-63(9)48-68-25-20-22-28-76(68)86/h16-44,46-56H,1-2,5,45,57H2,3-4,6-15H3/b31-30+,33-32+,58-46-,60-44-,64-34+,69-37+,73-18-,81-51?. The van der Waals surface area contributed by atoms with E-state index in [1.165, 1.54) is 133 Å². The molecule has 0 radical (unpaired) electrons. The van der Waals surface area contributed by atoms with Crippen molar-refractivity contribution in [3.05, 3.63) is 339 Å². The Hall–Kier alpha value is -9.76. The van der Waals surface area contributed by atoms with Gasteiger partial charge >= 0.3 is 0 Å². The lowest BCUT2D eigenvalue weighted by Gasteiger charge is -2.30. The number of rotatable bonds is 16. The molecule has 0 spiro atoms. The Bertz CT molecular complexity index is 4700. The predicted octanol–water partition coefficient (Wildman–Crippen LogP) is 24.7. The molecule has 0 heterocycles. The summed E-state index contributed by atoms with van der Waals surface area (Å²) >= 11 is 0. The van der Waals surface area contributed by atoms with Crippen LogP contribution >= 0.6 is 0 Å². The van der Waals surface area contributed by atoms with Crippen molar-refractivity contribution in [2.24, 2.45) is 0 Å². The second kappa shape index (κ2) is 24.6. The van der Waals surface area contributed by atoms with Crippen LogP contribution in [0.25, 0.3) is 56.0 Å². The monoisotopic (exact) mass is 1180 g/mol. The van der Waals surface area contributed by atoms with Gasteiger partial charge < -0.3 is 9.80 Å². The minimum Gasteiger partial charge on any atom is -0.337 e. The lowest BCUT2D eigenvalue weighted by molar-refractivity contribution is 0.563. The topological polar surface area (TPSA) is 6.48 Å². The van der Waals surface area contributed by atoms with Crippen LogP contribution in [0.2, 0.25) is 0 Å². The highest BCUT2D eigenvalue weighted by atomic mass is 15.1. The highest BCUT2D eigenvalue weighted by Gasteiger charge is 2.40. The SMILES string of the molecule is C=C/C(C)=C\C(C)=C/CN(c1ccc2c(c1)C(C)(C)c1cc(/C=C/C(C=C)=C/C=C3\CC(C)(C)c4cc(/C=C/C(=C)C=C5/C(=C\C)c6ccc(N(c7cc(C)cc(C)c7)c7cc(C)cc8ccccc78)cc6C5(C)C)ccc43)ccc1-2)c1cccc2ccccc12. The lowest BCUT2D eigenvalue weighted by atomic mass is 9.81. The lowest BCUT2D eigenvalue weighted by Crippen LogP contribution is -2.20. The number of benzene rings is 9. The predicted molar refractivity (Wildman–Crippen MR) is 398 cm³/mol. The van der Waals surface area contributed by atoms with Crippen LogP contribution in [0, 0.1) is 20.8 Å². The molecular weight excluding hydrogens is 1100 g/mol. The van der Waals surface area contributed by atoms with Crippen molar-refractivity contribution in [3.63, 3.8) is 0 Å². The zero-order valence-corrected chi connectivity index (χ0v) is 55.5. The molecule has 0 fully saturated rings. The van der Waals surface area contributed by atoms with Gasteiger partial charge in [-0.2, -0.15) is 0 Å². The Morgan fingerprint density at radius 1 is 0.527 bits per heavy atom. The Morgan fingerprint density at radius 3 is 1.84 bits per heavy atom. The minimum absolute atomic E-state index is 0.0243. The van der Waals surface area contributed by atoms with Crippen LogP contribution in [-0.2, 0) is 16.2 Å². The van der Waals surface area contributed by atoms with Crippen LogP contribution < -0.4 is 9.80 Å². The van der Waals surface area contributed by atoms with Gasteiger partial charge in [-0.15, -0.1) is 0 Å². The number of hydrogen-bond donors (Lipinski definition) is 0. The van der Waals surface area contributed by atoms with Gasteiger partial charge in [0.2, 0.25) is 0 Å². The van der Waals surface area contributed by atoms with Crippen molar-refractivity contribution in [3.8, 4) is 11.1 Å².